The molecule has 0 bridgehead atoms. The predicted molar refractivity (Wildman–Crippen MR) is 46.0 cm³/mol. The summed E-state index contributed by atoms with van der Waals surface area (Å²) in [6, 6.07) is 0. The highest BCUT2D eigenvalue weighted by molar-refractivity contribution is 5.82. The van der Waals surface area contributed by atoms with Crippen LogP contribution in [0.15, 0.2) is 0 Å². The molecule has 3 nitrogen and oxygen atoms in total. The van der Waals surface area contributed by atoms with Crippen LogP contribution in [0.1, 0.15) is 33.6 Å². The minimum Gasteiger partial charge on any atom is -0.313 e. The van der Waals surface area contributed by atoms with Crippen LogP contribution in [0.4, 0.5) is 0 Å². The van der Waals surface area contributed by atoms with Crippen molar-refractivity contribution < 1.29 is 10.0 Å². The van der Waals surface area contributed by atoms with Crippen molar-refractivity contribution >= 4 is 5.78 Å². The highest BCUT2D eigenvalue weighted by atomic mass is 16.5. The molecule has 2 unspecified atom stereocenters. The highest BCUT2D eigenvalue weighted by Gasteiger charge is 2.42. The maximum Gasteiger partial charge on any atom is 0.138 e. The number of piperidine rings is 1. The Bertz CT molecular complexity index is 193. The molecule has 0 aromatic rings. The first-order valence-corrected chi connectivity index (χ1v) is 4.51. The quantitative estimate of drug-likeness (QED) is 0.649. The van der Waals surface area contributed by atoms with E-state index in [-0.39, 0.29) is 17.2 Å². The van der Waals surface area contributed by atoms with E-state index in [4.69, 9.17) is 0 Å². The molecule has 70 valence electrons. The lowest BCUT2D eigenvalue weighted by Gasteiger charge is -2.44. The molecule has 1 fully saturated rings. The molecule has 1 heterocycles. The predicted octanol–water partition coefficient (Wildman–Crippen LogP) is 1.46. The van der Waals surface area contributed by atoms with Gasteiger partial charge in [-0.3, -0.25) is 4.79 Å². The number of carbonyl (C=O) groups excluding carboxylic acids is 1. The maximum absolute atomic E-state index is 11.4. The minimum absolute atomic E-state index is 0.0544. The number of nitrogens with zero attached hydrogens (tertiary/aromatic N) is 1. The van der Waals surface area contributed by atoms with Gasteiger partial charge in [-0.05, 0) is 13.3 Å². The van der Waals surface area contributed by atoms with Gasteiger partial charge in [0.1, 0.15) is 5.78 Å². The molecule has 0 aromatic heterocycles. The van der Waals surface area contributed by atoms with E-state index in [1.54, 1.807) is 0 Å². The summed E-state index contributed by atoms with van der Waals surface area (Å²) in [4.78, 5) is 11.4. The van der Waals surface area contributed by atoms with E-state index in [0.717, 1.165) is 6.42 Å². The summed E-state index contributed by atoms with van der Waals surface area (Å²) in [5, 5.41) is 10.9. The zero-order valence-corrected chi connectivity index (χ0v) is 8.00. The normalized spacial score (nSPS) is 38.7. The molecule has 0 spiro atoms. The monoisotopic (exact) mass is 171 g/mol. The Morgan fingerprint density at radius 3 is 2.75 bits per heavy atom. The summed E-state index contributed by atoms with van der Waals surface area (Å²) < 4.78 is 0. The second-order valence-corrected chi connectivity index (χ2v) is 3.77. The van der Waals surface area contributed by atoms with Crippen molar-refractivity contribution in [2.24, 2.45) is 5.92 Å². The number of rotatable bonds is 1. The van der Waals surface area contributed by atoms with Crippen molar-refractivity contribution in [3.8, 4) is 0 Å². The third-order valence-electron chi connectivity index (χ3n) is 3.29. The number of ketones is 1. The molecule has 1 aliphatic heterocycles. The second-order valence-electron chi connectivity index (χ2n) is 3.77. The van der Waals surface area contributed by atoms with Crippen LogP contribution in [0.25, 0.3) is 0 Å². The molecule has 0 saturated carbocycles. The van der Waals surface area contributed by atoms with Crippen molar-refractivity contribution in [1.29, 1.82) is 0 Å². The molecule has 1 rings (SSSR count). The lowest BCUT2D eigenvalue weighted by atomic mass is 9.78. The summed E-state index contributed by atoms with van der Waals surface area (Å²) in [5.74, 6) is 0.214. The van der Waals surface area contributed by atoms with Crippen molar-refractivity contribution in [1.82, 2.24) is 5.06 Å². The second kappa shape index (κ2) is 3.15. The van der Waals surface area contributed by atoms with Gasteiger partial charge in [-0.2, -0.15) is 5.06 Å². The van der Waals surface area contributed by atoms with Gasteiger partial charge in [0, 0.05) is 18.9 Å². The van der Waals surface area contributed by atoms with Crippen molar-refractivity contribution in [2.45, 2.75) is 39.2 Å². The maximum atomic E-state index is 11.4. The molecule has 3 heteroatoms. The van der Waals surface area contributed by atoms with E-state index in [2.05, 4.69) is 0 Å². The third kappa shape index (κ3) is 1.27. The third-order valence-corrected chi connectivity index (χ3v) is 3.29. The molecule has 1 aliphatic rings. The van der Waals surface area contributed by atoms with E-state index in [9.17, 15) is 10.0 Å². The molecule has 1 saturated heterocycles. The van der Waals surface area contributed by atoms with Gasteiger partial charge in [0.2, 0.25) is 0 Å². The van der Waals surface area contributed by atoms with E-state index in [1.165, 1.54) is 5.06 Å². The lowest BCUT2D eigenvalue weighted by Crippen LogP contribution is -2.55. The van der Waals surface area contributed by atoms with Gasteiger partial charge in [-0.1, -0.05) is 13.8 Å². The Morgan fingerprint density at radius 1 is 1.75 bits per heavy atom. The summed E-state index contributed by atoms with van der Waals surface area (Å²) in [5.41, 5.74) is -0.352. The highest BCUT2D eigenvalue weighted by Crippen LogP contribution is 2.32. The smallest absolute Gasteiger partial charge is 0.138 e. The van der Waals surface area contributed by atoms with Crippen LogP contribution in [0.3, 0.4) is 0 Å². The van der Waals surface area contributed by atoms with E-state index >= 15 is 0 Å². The molecule has 0 radical (unpaired) electrons. The fraction of sp³-hybridized carbons (Fsp3) is 0.889. The lowest BCUT2D eigenvalue weighted by molar-refractivity contribution is -0.202. The molecule has 2 atom stereocenters. The van der Waals surface area contributed by atoms with E-state index in [1.807, 2.05) is 20.8 Å². The van der Waals surface area contributed by atoms with E-state index in [0.29, 0.717) is 13.0 Å². The summed E-state index contributed by atoms with van der Waals surface area (Å²) in [6.07, 6.45) is 1.28. The van der Waals surface area contributed by atoms with Gasteiger partial charge in [0.05, 0.1) is 5.54 Å². The van der Waals surface area contributed by atoms with Crippen LogP contribution in [-0.4, -0.2) is 28.1 Å². The largest absolute Gasteiger partial charge is 0.313 e. The van der Waals surface area contributed by atoms with Gasteiger partial charge in [0.25, 0.3) is 0 Å². The Hall–Kier alpha value is -0.410. The van der Waals surface area contributed by atoms with Gasteiger partial charge in [-0.15, -0.1) is 0 Å². The first-order chi connectivity index (χ1) is 5.52. The zero-order valence-electron chi connectivity index (χ0n) is 8.00. The summed E-state index contributed by atoms with van der Waals surface area (Å²) in [7, 11) is 0. The first kappa shape index (κ1) is 9.68. The number of hydrogen-bond acceptors (Lipinski definition) is 3. The van der Waals surface area contributed by atoms with Crippen LogP contribution >= 0.6 is 0 Å². The Kier molecular flexibility index (Phi) is 2.54. The van der Waals surface area contributed by atoms with Gasteiger partial charge in [0.15, 0.2) is 0 Å². The standard InChI is InChI=1S/C9H17NO2/c1-4-9(3)7(2)8(11)5-6-10(9)12/h7,12H,4-6H2,1-3H3. The number of hydrogen-bond donors (Lipinski definition) is 1. The van der Waals surface area contributed by atoms with E-state index < -0.39 is 0 Å². The molecule has 0 aliphatic carbocycles. The zero-order chi connectivity index (χ0) is 9.35. The average Bonchev–Trinajstić information content (AvgIpc) is 2.08. The average molecular weight is 171 g/mol. The Morgan fingerprint density at radius 2 is 2.33 bits per heavy atom. The topological polar surface area (TPSA) is 40.5 Å². The Labute approximate surface area is 73.3 Å². The van der Waals surface area contributed by atoms with Crippen molar-refractivity contribution in [2.75, 3.05) is 6.54 Å². The summed E-state index contributed by atoms with van der Waals surface area (Å²) >= 11 is 0. The summed E-state index contributed by atoms with van der Waals surface area (Å²) in [6.45, 7) is 6.31. The number of hydroxylamine groups is 2. The molecule has 12 heavy (non-hydrogen) atoms. The fourth-order valence-electron chi connectivity index (χ4n) is 1.75. The number of Topliss-reactive ketones (excluding diaryl/α,β-unsaturated/α-hetero) is 1. The van der Waals surface area contributed by atoms with Gasteiger partial charge >= 0.3 is 0 Å². The first-order valence-electron chi connectivity index (χ1n) is 4.51. The van der Waals surface area contributed by atoms with Gasteiger partial charge in [-0.25, -0.2) is 0 Å². The minimum atomic E-state index is -0.352. The van der Waals surface area contributed by atoms with Crippen molar-refractivity contribution in [3.05, 3.63) is 0 Å². The Balaban J connectivity index is 2.85. The van der Waals surface area contributed by atoms with Crippen LogP contribution in [0, 0.1) is 5.92 Å². The van der Waals surface area contributed by atoms with Crippen LogP contribution in [0.5, 0.6) is 0 Å². The fourth-order valence-corrected chi connectivity index (χ4v) is 1.75. The SMILES string of the molecule is CCC1(C)C(C)C(=O)CCN1O. The van der Waals surface area contributed by atoms with Gasteiger partial charge < -0.3 is 5.21 Å². The van der Waals surface area contributed by atoms with Crippen LogP contribution in [0.2, 0.25) is 0 Å². The molecular weight excluding hydrogens is 154 g/mol. The molecule has 1 N–H and O–H groups in total. The molecule has 0 aromatic carbocycles. The van der Waals surface area contributed by atoms with Crippen LogP contribution < -0.4 is 0 Å². The van der Waals surface area contributed by atoms with Crippen LogP contribution in [-0.2, 0) is 4.79 Å². The number of carbonyl (C=O) groups is 1. The molecular formula is C9H17NO2. The molecule has 0 amide bonds. The van der Waals surface area contributed by atoms with Crippen molar-refractivity contribution in [3.63, 3.8) is 0 Å².